The minimum Gasteiger partial charge on any atom is -0.497 e. The smallest absolute Gasteiger partial charge is 0.325 e. The third-order valence-electron chi connectivity index (χ3n) is 4.50. The summed E-state index contributed by atoms with van der Waals surface area (Å²) in [6.07, 6.45) is 0. The second-order valence-corrected chi connectivity index (χ2v) is 7.09. The summed E-state index contributed by atoms with van der Waals surface area (Å²) in [6.45, 7) is 3.35. The molecule has 0 aliphatic carbocycles. The molecule has 0 bridgehead atoms. The van der Waals surface area contributed by atoms with E-state index in [1.165, 1.54) is 0 Å². The number of halogens is 1. The number of benzene rings is 2. The van der Waals surface area contributed by atoms with E-state index in [9.17, 15) is 9.59 Å². The first kappa shape index (κ1) is 19.2. The molecule has 0 radical (unpaired) electrons. The number of ether oxygens (including phenoxy) is 1. The molecule has 3 amide bonds. The van der Waals surface area contributed by atoms with E-state index in [-0.39, 0.29) is 11.9 Å². The monoisotopic (exact) mass is 431 g/mol. The maximum Gasteiger partial charge on any atom is 0.325 e. The highest BCUT2D eigenvalue weighted by atomic mass is 79.9. The van der Waals surface area contributed by atoms with Gasteiger partial charge in [-0.15, -0.1) is 0 Å². The first-order valence-corrected chi connectivity index (χ1v) is 9.59. The Morgan fingerprint density at radius 3 is 2.63 bits per heavy atom. The van der Waals surface area contributed by atoms with Crippen molar-refractivity contribution in [2.75, 3.05) is 31.6 Å². The molecule has 1 heterocycles. The Morgan fingerprint density at radius 2 is 1.96 bits per heavy atom. The zero-order chi connectivity index (χ0) is 19.4. The number of hydrogen-bond donors (Lipinski definition) is 1. The lowest BCUT2D eigenvalue weighted by Gasteiger charge is -2.27. The number of methoxy groups -OCH3 is 1. The Bertz CT molecular complexity index is 825. The van der Waals surface area contributed by atoms with Crippen molar-refractivity contribution in [1.29, 1.82) is 0 Å². The highest BCUT2D eigenvalue weighted by Gasteiger charge is 2.38. The molecule has 27 heavy (non-hydrogen) atoms. The number of urea groups is 1. The number of carbonyl (C=O) groups excluding carboxylic acids is 2. The second kappa shape index (κ2) is 8.43. The van der Waals surface area contributed by atoms with E-state index >= 15 is 0 Å². The molecule has 1 fully saturated rings. The van der Waals surface area contributed by atoms with Crippen LogP contribution in [0, 0.1) is 0 Å². The van der Waals surface area contributed by atoms with Crippen LogP contribution in [0.5, 0.6) is 5.75 Å². The fraction of sp³-hybridized carbons (Fsp3) is 0.300. The van der Waals surface area contributed by atoms with Crippen molar-refractivity contribution in [3.8, 4) is 5.75 Å². The summed E-state index contributed by atoms with van der Waals surface area (Å²) in [5, 5.41) is 2.84. The quantitative estimate of drug-likeness (QED) is 0.759. The van der Waals surface area contributed by atoms with Crippen LogP contribution in [0.4, 0.5) is 10.5 Å². The van der Waals surface area contributed by atoms with Crippen molar-refractivity contribution in [2.45, 2.75) is 13.0 Å². The number of nitrogens with zero attached hydrogens (tertiary/aromatic N) is 2. The van der Waals surface area contributed by atoms with E-state index in [0.29, 0.717) is 25.4 Å². The third kappa shape index (κ3) is 4.08. The minimum atomic E-state index is -0.701. The number of rotatable bonds is 6. The largest absolute Gasteiger partial charge is 0.497 e. The molecule has 1 unspecified atom stereocenters. The van der Waals surface area contributed by atoms with Crippen molar-refractivity contribution in [3.63, 3.8) is 0 Å². The van der Waals surface area contributed by atoms with Crippen LogP contribution in [-0.2, 0) is 4.79 Å². The Morgan fingerprint density at radius 1 is 1.22 bits per heavy atom. The van der Waals surface area contributed by atoms with Gasteiger partial charge in [-0.05, 0) is 48.9 Å². The van der Waals surface area contributed by atoms with Gasteiger partial charge >= 0.3 is 6.03 Å². The standard InChI is InChI=1S/C20H22BrN3O3/c1-3-22-19(25)18(14-5-4-6-17(13-14)27-2)24-12-11-23(20(24)26)16-9-7-15(21)8-10-16/h4-10,13,18H,3,11-12H2,1-2H3,(H,22,25). The van der Waals surface area contributed by atoms with Gasteiger partial charge in [-0.2, -0.15) is 0 Å². The van der Waals surface area contributed by atoms with E-state index in [4.69, 9.17) is 4.74 Å². The van der Waals surface area contributed by atoms with E-state index in [1.54, 1.807) is 23.0 Å². The zero-order valence-corrected chi connectivity index (χ0v) is 16.9. The third-order valence-corrected chi connectivity index (χ3v) is 5.03. The van der Waals surface area contributed by atoms with Gasteiger partial charge in [0.1, 0.15) is 11.8 Å². The predicted octanol–water partition coefficient (Wildman–Crippen LogP) is 3.58. The van der Waals surface area contributed by atoms with E-state index in [0.717, 1.165) is 15.7 Å². The molecule has 3 rings (SSSR count). The molecule has 1 atom stereocenters. The van der Waals surface area contributed by atoms with Gasteiger partial charge < -0.3 is 15.0 Å². The fourth-order valence-electron chi connectivity index (χ4n) is 3.21. The van der Waals surface area contributed by atoms with E-state index in [1.807, 2.05) is 49.4 Å². The molecular formula is C20H22BrN3O3. The van der Waals surface area contributed by atoms with Crippen molar-refractivity contribution >= 4 is 33.6 Å². The van der Waals surface area contributed by atoms with Gasteiger partial charge in [0, 0.05) is 29.8 Å². The average molecular weight is 432 g/mol. The Balaban J connectivity index is 1.91. The second-order valence-electron chi connectivity index (χ2n) is 6.18. The minimum absolute atomic E-state index is 0.184. The topological polar surface area (TPSA) is 61.9 Å². The van der Waals surface area contributed by atoms with Crippen LogP contribution in [0.1, 0.15) is 18.5 Å². The molecular weight excluding hydrogens is 410 g/mol. The van der Waals surface area contributed by atoms with Crippen LogP contribution in [0.15, 0.2) is 53.0 Å². The van der Waals surface area contributed by atoms with Crippen molar-refractivity contribution < 1.29 is 14.3 Å². The summed E-state index contributed by atoms with van der Waals surface area (Å²) >= 11 is 3.41. The van der Waals surface area contributed by atoms with Gasteiger partial charge in [0.2, 0.25) is 5.91 Å². The summed E-state index contributed by atoms with van der Waals surface area (Å²) in [6, 6.07) is 14.0. The molecule has 1 aliphatic rings. The Hall–Kier alpha value is -2.54. The molecule has 0 spiro atoms. The van der Waals surface area contributed by atoms with Gasteiger partial charge in [0.25, 0.3) is 0 Å². The molecule has 6 nitrogen and oxygen atoms in total. The predicted molar refractivity (Wildman–Crippen MR) is 108 cm³/mol. The normalized spacial score (nSPS) is 15.0. The summed E-state index contributed by atoms with van der Waals surface area (Å²) in [4.78, 5) is 29.2. The van der Waals surface area contributed by atoms with E-state index < -0.39 is 6.04 Å². The number of hydrogen-bond acceptors (Lipinski definition) is 3. The molecule has 2 aromatic carbocycles. The molecule has 1 N–H and O–H groups in total. The summed E-state index contributed by atoms with van der Waals surface area (Å²) in [7, 11) is 1.58. The number of likely N-dealkylation sites (N-methyl/N-ethyl adjacent to an activating group) is 1. The number of anilines is 1. The first-order chi connectivity index (χ1) is 13.0. The zero-order valence-electron chi connectivity index (χ0n) is 15.3. The van der Waals surface area contributed by atoms with Gasteiger partial charge in [-0.25, -0.2) is 4.79 Å². The van der Waals surface area contributed by atoms with E-state index in [2.05, 4.69) is 21.2 Å². The first-order valence-electron chi connectivity index (χ1n) is 8.80. The van der Waals surface area contributed by atoms with Gasteiger partial charge in [-0.3, -0.25) is 9.69 Å². The summed E-state index contributed by atoms with van der Waals surface area (Å²) in [5.74, 6) is 0.454. The number of nitrogens with one attached hydrogen (secondary N) is 1. The lowest BCUT2D eigenvalue weighted by atomic mass is 10.0. The van der Waals surface area contributed by atoms with Crippen LogP contribution in [0.25, 0.3) is 0 Å². The van der Waals surface area contributed by atoms with Crippen molar-refractivity contribution in [1.82, 2.24) is 10.2 Å². The average Bonchev–Trinajstić information content (AvgIpc) is 3.04. The van der Waals surface area contributed by atoms with Gasteiger partial charge in [0.05, 0.1) is 7.11 Å². The van der Waals surface area contributed by atoms with Gasteiger partial charge in [-0.1, -0.05) is 28.1 Å². The molecule has 1 saturated heterocycles. The highest BCUT2D eigenvalue weighted by molar-refractivity contribution is 9.10. The highest BCUT2D eigenvalue weighted by Crippen LogP contribution is 2.30. The number of amides is 3. The molecule has 2 aromatic rings. The lowest BCUT2D eigenvalue weighted by Crippen LogP contribution is -2.43. The fourth-order valence-corrected chi connectivity index (χ4v) is 3.47. The molecule has 142 valence electrons. The van der Waals surface area contributed by atoms with Crippen LogP contribution in [-0.4, -0.2) is 43.6 Å². The van der Waals surface area contributed by atoms with Gasteiger partial charge in [0.15, 0.2) is 0 Å². The van der Waals surface area contributed by atoms with Crippen LogP contribution in [0.3, 0.4) is 0 Å². The molecule has 7 heteroatoms. The summed E-state index contributed by atoms with van der Waals surface area (Å²) < 4.78 is 6.24. The van der Waals surface area contributed by atoms with Crippen LogP contribution >= 0.6 is 15.9 Å². The molecule has 1 aliphatic heterocycles. The van der Waals surface area contributed by atoms with Crippen LogP contribution in [0.2, 0.25) is 0 Å². The molecule has 0 saturated carbocycles. The lowest BCUT2D eigenvalue weighted by molar-refractivity contribution is -0.125. The number of carbonyl (C=O) groups is 2. The Labute approximate surface area is 167 Å². The van der Waals surface area contributed by atoms with Crippen LogP contribution < -0.4 is 15.0 Å². The van der Waals surface area contributed by atoms with Crippen molar-refractivity contribution in [2.24, 2.45) is 0 Å². The Kier molecular flexibility index (Phi) is 6.01. The summed E-state index contributed by atoms with van der Waals surface area (Å²) in [5.41, 5.74) is 1.54. The maximum absolute atomic E-state index is 13.1. The SMILES string of the molecule is CCNC(=O)C(c1cccc(OC)c1)N1CCN(c2ccc(Br)cc2)C1=O. The molecule has 0 aromatic heterocycles. The van der Waals surface area contributed by atoms with Crippen molar-refractivity contribution in [3.05, 3.63) is 58.6 Å². The maximum atomic E-state index is 13.1.